The molecule has 2 rings (SSSR count). The first-order valence-electron chi connectivity index (χ1n) is 6.77. The second kappa shape index (κ2) is 7.19. The summed E-state index contributed by atoms with van der Waals surface area (Å²) in [5, 5.41) is 15.2. The Kier molecular flexibility index (Phi) is 5.04. The minimum atomic E-state index is 0.110. The average molecular weight is 285 g/mol. The number of oxime groups is 1. The smallest absolute Gasteiger partial charge is 0.170 e. The van der Waals surface area contributed by atoms with Crippen molar-refractivity contribution in [3.05, 3.63) is 59.7 Å². The van der Waals surface area contributed by atoms with E-state index in [0.717, 1.165) is 22.6 Å². The zero-order valence-electron chi connectivity index (χ0n) is 11.9. The van der Waals surface area contributed by atoms with Crippen LogP contribution in [0.1, 0.15) is 18.1 Å². The van der Waals surface area contributed by atoms with Crippen molar-refractivity contribution in [2.75, 3.05) is 11.9 Å². The highest BCUT2D eigenvalue weighted by Gasteiger charge is 2.06. The number of ether oxygens (including phenoxy) is 1. The van der Waals surface area contributed by atoms with E-state index in [-0.39, 0.29) is 5.84 Å². The molecule has 0 spiro atoms. The van der Waals surface area contributed by atoms with Crippen LogP contribution in [0.3, 0.4) is 0 Å². The van der Waals surface area contributed by atoms with Gasteiger partial charge in [0.25, 0.3) is 0 Å². The van der Waals surface area contributed by atoms with Crippen molar-refractivity contribution >= 4 is 11.5 Å². The lowest BCUT2D eigenvalue weighted by Gasteiger charge is -2.11. The van der Waals surface area contributed by atoms with Crippen LogP contribution < -0.4 is 15.8 Å². The summed E-state index contributed by atoms with van der Waals surface area (Å²) < 4.78 is 5.40. The highest BCUT2D eigenvalue weighted by molar-refractivity contribution is 5.98. The Morgan fingerprint density at radius 1 is 1.19 bits per heavy atom. The molecule has 0 fully saturated rings. The van der Waals surface area contributed by atoms with E-state index in [2.05, 4.69) is 10.5 Å². The summed E-state index contributed by atoms with van der Waals surface area (Å²) in [5.74, 6) is 0.958. The molecule has 0 amide bonds. The lowest BCUT2D eigenvalue weighted by Crippen LogP contribution is -2.16. The fourth-order valence-corrected chi connectivity index (χ4v) is 2.01. The first kappa shape index (κ1) is 14.7. The van der Waals surface area contributed by atoms with Crippen LogP contribution in [0.4, 0.5) is 5.69 Å². The molecule has 0 aliphatic heterocycles. The first-order valence-corrected chi connectivity index (χ1v) is 6.77. The molecule has 0 aliphatic rings. The van der Waals surface area contributed by atoms with E-state index in [1.165, 1.54) is 0 Å². The van der Waals surface area contributed by atoms with Crippen LogP contribution in [0.2, 0.25) is 0 Å². The zero-order valence-corrected chi connectivity index (χ0v) is 11.9. The largest absolute Gasteiger partial charge is 0.494 e. The lowest BCUT2D eigenvalue weighted by atomic mass is 10.1. The number of hydrogen-bond acceptors (Lipinski definition) is 4. The third kappa shape index (κ3) is 3.89. The molecule has 0 saturated carbocycles. The van der Waals surface area contributed by atoms with Crippen LogP contribution >= 0.6 is 0 Å². The minimum absolute atomic E-state index is 0.110. The summed E-state index contributed by atoms with van der Waals surface area (Å²) >= 11 is 0. The Balaban J connectivity index is 2.06. The number of amidine groups is 1. The molecule has 0 bridgehead atoms. The summed E-state index contributed by atoms with van der Waals surface area (Å²) in [6, 6.07) is 15.3. The second-order valence-corrected chi connectivity index (χ2v) is 4.45. The SMILES string of the molecule is CCOc1ccc(NCc2ccccc2C(N)=NO)cc1. The topological polar surface area (TPSA) is 79.9 Å². The van der Waals surface area contributed by atoms with Gasteiger partial charge in [-0.05, 0) is 36.8 Å². The van der Waals surface area contributed by atoms with Gasteiger partial charge in [0, 0.05) is 17.8 Å². The van der Waals surface area contributed by atoms with Gasteiger partial charge in [0.15, 0.2) is 5.84 Å². The summed E-state index contributed by atoms with van der Waals surface area (Å²) in [6.45, 7) is 3.19. The maximum atomic E-state index is 8.81. The van der Waals surface area contributed by atoms with Crippen LogP contribution in [0.15, 0.2) is 53.7 Å². The molecule has 2 aromatic rings. The number of nitrogens with two attached hydrogens (primary N) is 1. The predicted molar refractivity (Wildman–Crippen MR) is 83.9 cm³/mol. The summed E-state index contributed by atoms with van der Waals surface area (Å²) in [5.41, 5.74) is 8.33. The van der Waals surface area contributed by atoms with E-state index >= 15 is 0 Å². The average Bonchev–Trinajstić information content (AvgIpc) is 2.54. The maximum absolute atomic E-state index is 8.81. The van der Waals surface area contributed by atoms with E-state index in [0.29, 0.717) is 13.2 Å². The van der Waals surface area contributed by atoms with Crippen molar-refractivity contribution < 1.29 is 9.94 Å². The van der Waals surface area contributed by atoms with Gasteiger partial charge in [-0.2, -0.15) is 0 Å². The third-order valence-electron chi connectivity index (χ3n) is 3.05. The molecule has 4 N–H and O–H groups in total. The first-order chi connectivity index (χ1) is 10.2. The molecule has 5 nitrogen and oxygen atoms in total. The van der Waals surface area contributed by atoms with Gasteiger partial charge < -0.3 is 21.0 Å². The Morgan fingerprint density at radius 2 is 1.90 bits per heavy atom. The predicted octanol–water partition coefficient (Wildman–Crippen LogP) is 2.79. The fourth-order valence-electron chi connectivity index (χ4n) is 2.01. The van der Waals surface area contributed by atoms with Crippen molar-refractivity contribution in [3.8, 4) is 5.75 Å². The van der Waals surface area contributed by atoms with Crippen molar-refractivity contribution in [2.45, 2.75) is 13.5 Å². The van der Waals surface area contributed by atoms with E-state index in [4.69, 9.17) is 15.7 Å². The number of nitrogens with one attached hydrogen (secondary N) is 1. The molecule has 5 heteroatoms. The molecule has 2 aromatic carbocycles. The normalized spacial score (nSPS) is 11.2. The van der Waals surface area contributed by atoms with Crippen LogP contribution in [-0.4, -0.2) is 17.6 Å². The van der Waals surface area contributed by atoms with Crippen molar-refractivity contribution in [2.24, 2.45) is 10.9 Å². The number of anilines is 1. The van der Waals surface area contributed by atoms with Crippen LogP contribution in [0.5, 0.6) is 5.75 Å². The van der Waals surface area contributed by atoms with E-state index in [1.807, 2.05) is 55.5 Å². The van der Waals surface area contributed by atoms with Crippen molar-refractivity contribution in [1.29, 1.82) is 0 Å². The summed E-state index contributed by atoms with van der Waals surface area (Å²) in [7, 11) is 0. The van der Waals surface area contributed by atoms with Crippen LogP contribution in [-0.2, 0) is 6.54 Å². The number of hydrogen-bond donors (Lipinski definition) is 3. The molecule has 0 aromatic heterocycles. The van der Waals surface area contributed by atoms with Crippen molar-refractivity contribution in [3.63, 3.8) is 0 Å². The van der Waals surface area contributed by atoms with E-state index in [1.54, 1.807) is 0 Å². The molecule has 0 saturated heterocycles. The summed E-state index contributed by atoms with van der Waals surface area (Å²) in [4.78, 5) is 0. The minimum Gasteiger partial charge on any atom is -0.494 e. The number of nitrogens with zero attached hydrogens (tertiary/aromatic N) is 1. The maximum Gasteiger partial charge on any atom is 0.170 e. The molecule has 0 heterocycles. The highest BCUT2D eigenvalue weighted by atomic mass is 16.5. The number of rotatable bonds is 6. The zero-order chi connectivity index (χ0) is 15.1. The third-order valence-corrected chi connectivity index (χ3v) is 3.05. The summed E-state index contributed by atoms with van der Waals surface area (Å²) in [6.07, 6.45) is 0. The fraction of sp³-hybridized carbons (Fsp3) is 0.188. The highest BCUT2D eigenvalue weighted by Crippen LogP contribution is 2.17. The lowest BCUT2D eigenvalue weighted by molar-refractivity contribution is 0.318. The van der Waals surface area contributed by atoms with Gasteiger partial charge in [-0.15, -0.1) is 0 Å². The van der Waals surface area contributed by atoms with Gasteiger partial charge in [0.1, 0.15) is 5.75 Å². The molecular weight excluding hydrogens is 266 g/mol. The molecule has 0 aliphatic carbocycles. The molecule has 21 heavy (non-hydrogen) atoms. The Morgan fingerprint density at radius 3 is 2.57 bits per heavy atom. The standard InChI is InChI=1S/C16H19N3O2/c1-2-21-14-9-7-13(8-10-14)18-11-12-5-3-4-6-15(12)16(17)19-20/h3-10,18,20H,2,11H2,1H3,(H2,17,19). The Hall–Kier alpha value is -2.69. The van der Waals surface area contributed by atoms with Gasteiger partial charge in [0.05, 0.1) is 6.61 Å². The Labute approximate surface area is 124 Å². The van der Waals surface area contributed by atoms with Gasteiger partial charge in [0.2, 0.25) is 0 Å². The molecule has 0 radical (unpaired) electrons. The van der Waals surface area contributed by atoms with E-state index < -0.39 is 0 Å². The van der Waals surface area contributed by atoms with E-state index in [9.17, 15) is 0 Å². The monoisotopic (exact) mass is 285 g/mol. The molecule has 0 atom stereocenters. The Bertz CT molecular complexity index is 609. The van der Waals surface area contributed by atoms with Gasteiger partial charge in [-0.3, -0.25) is 0 Å². The van der Waals surface area contributed by atoms with Crippen LogP contribution in [0.25, 0.3) is 0 Å². The molecule has 0 unspecified atom stereocenters. The van der Waals surface area contributed by atoms with Gasteiger partial charge in [-0.25, -0.2) is 0 Å². The molecule has 110 valence electrons. The van der Waals surface area contributed by atoms with Crippen LogP contribution in [0, 0.1) is 0 Å². The number of benzene rings is 2. The molecular formula is C16H19N3O2. The second-order valence-electron chi connectivity index (χ2n) is 4.45. The van der Waals surface area contributed by atoms with Gasteiger partial charge in [-0.1, -0.05) is 29.4 Å². The van der Waals surface area contributed by atoms with Crippen molar-refractivity contribution in [1.82, 2.24) is 0 Å². The van der Waals surface area contributed by atoms with Gasteiger partial charge >= 0.3 is 0 Å². The quantitative estimate of drug-likeness (QED) is 0.330.